The Balaban J connectivity index is 1.77. The second-order valence-electron chi connectivity index (χ2n) is 4.17. The van der Waals surface area contributed by atoms with E-state index in [0.29, 0.717) is 17.3 Å². The van der Waals surface area contributed by atoms with Gasteiger partial charge in [-0.25, -0.2) is 9.97 Å². The van der Waals surface area contributed by atoms with Crippen LogP contribution >= 0.6 is 11.6 Å². The third-order valence-corrected chi connectivity index (χ3v) is 2.76. The van der Waals surface area contributed by atoms with Gasteiger partial charge in [0.1, 0.15) is 12.1 Å². The molecular weight excluding hydrogens is 278 g/mol. The molecule has 0 aliphatic rings. The zero-order valence-corrected chi connectivity index (χ0v) is 11.7. The average molecular weight is 292 g/mol. The quantitative estimate of drug-likeness (QED) is 0.916. The van der Waals surface area contributed by atoms with Gasteiger partial charge in [0.05, 0.1) is 12.2 Å². The maximum absolute atomic E-state index is 11.6. The average Bonchev–Trinajstić information content (AvgIpc) is 2.45. The molecule has 0 saturated carbocycles. The minimum atomic E-state index is -0.212. The lowest BCUT2D eigenvalue weighted by atomic mass is 10.3. The van der Waals surface area contributed by atoms with E-state index < -0.39 is 0 Å². The van der Waals surface area contributed by atoms with Crippen molar-refractivity contribution in [3.05, 3.63) is 53.1 Å². The van der Waals surface area contributed by atoms with Gasteiger partial charge in [-0.15, -0.1) is 0 Å². The molecule has 0 radical (unpaired) electrons. The summed E-state index contributed by atoms with van der Waals surface area (Å²) >= 11 is 5.76. The molecular formula is C14H14ClN3O2. The molecule has 5 nitrogen and oxygen atoms in total. The lowest BCUT2D eigenvalue weighted by Gasteiger charge is -2.07. The van der Waals surface area contributed by atoms with Gasteiger partial charge in [0, 0.05) is 10.7 Å². The number of aromatic nitrogens is 2. The maximum atomic E-state index is 11.6. The third kappa shape index (κ3) is 4.51. The molecule has 6 heteroatoms. The minimum Gasteiger partial charge on any atom is -0.484 e. The van der Waals surface area contributed by atoms with Crippen molar-refractivity contribution in [2.75, 3.05) is 6.61 Å². The summed E-state index contributed by atoms with van der Waals surface area (Å²) in [5, 5.41) is 3.35. The fraction of sp³-hybridized carbons (Fsp3) is 0.214. The zero-order chi connectivity index (χ0) is 14.4. The SMILES string of the molecule is Cc1cc(CNC(=O)COc2ccc(Cl)cc2)ncn1. The van der Waals surface area contributed by atoms with E-state index in [1.807, 2.05) is 13.0 Å². The predicted octanol–water partition coefficient (Wildman–Crippen LogP) is 2.13. The van der Waals surface area contributed by atoms with Gasteiger partial charge in [-0.3, -0.25) is 4.79 Å². The molecule has 1 N–H and O–H groups in total. The minimum absolute atomic E-state index is 0.0499. The van der Waals surface area contributed by atoms with E-state index in [-0.39, 0.29) is 12.5 Å². The summed E-state index contributed by atoms with van der Waals surface area (Å²) in [6.07, 6.45) is 1.47. The van der Waals surface area contributed by atoms with Crippen LogP contribution in [-0.2, 0) is 11.3 Å². The highest BCUT2D eigenvalue weighted by Crippen LogP contribution is 2.15. The predicted molar refractivity (Wildman–Crippen MR) is 75.6 cm³/mol. The number of carbonyl (C=O) groups excluding carboxylic acids is 1. The number of hydrogen-bond acceptors (Lipinski definition) is 4. The van der Waals surface area contributed by atoms with Crippen LogP contribution < -0.4 is 10.1 Å². The molecule has 2 aromatic rings. The normalized spacial score (nSPS) is 10.1. The number of ether oxygens (including phenoxy) is 1. The fourth-order valence-electron chi connectivity index (χ4n) is 1.53. The number of nitrogens with zero attached hydrogens (tertiary/aromatic N) is 2. The van der Waals surface area contributed by atoms with Crippen LogP contribution in [-0.4, -0.2) is 22.5 Å². The number of halogens is 1. The Bertz CT molecular complexity index is 587. The highest BCUT2D eigenvalue weighted by molar-refractivity contribution is 6.30. The lowest BCUT2D eigenvalue weighted by molar-refractivity contribution is -0.123. The molecule has 0 unspecified atom stereocenters. The summed E-state index contributed by atoms with van der Waals surface area (Å²) in [6.45, 7) is 2.18. The van der Waals surface area contributed by atoms with E-state index in [1.54, 1.807) is 24.3 Å². The highest BCUT2D eigenvalue weighted by Gasteiger charge is 2.04. The van der Waals surface area contributed by atoms with Gasteiger partial charge >= 0.3 is 0 Å². The van der Waals surface area contributed by atoms with Crippen molar-refractivity contribution < 1.29 is 9.53 Å². The number of hydrogen-bond donors (Lipinski definition) is 1. The molecule has 20 heavy (non-hydrogen) atoms. The molecule has 0 aliphatic carbocycles. The molecule has 0 bridgehead atoms. The van der Waals surface area contributed by atoms with Gasteiger partial charge in [-0.05, 0) is 37.3 Å². The molecule has 1 amide bonds. The Morgan fingerprint density at radius 3 is 2.75 bits per heavy atom. The van der Waals surface area contributed by atoms with Crippen LogP contribution in [0.1, 0.15) is 11.4 Å². The molecule has 0 saturated heterocycles. The molecule has 1 aromatic heterocycles. The van der Waals surface area contributed by atoms with Crippen molar-refractivity contribution in [3.8, 4) is 5.75 Å². The fourth-order valence-corrected chi connectivity index (χ4v) is 1.65. The Morgan fingerprint density at radius 1 is 1.30 bits per heavy atom. The van der Waals surface area contributed by atoms with E-state index in [4.69, 9.17) is 16.3 Å². The third-order valence-electron chi connectivity index (χ3n) is 2.51. The zero-order valence-electron chi connectivity index (χ0n) is 11.0. The van der Waals surface area contributed by atoms with Crippen molar-refractivity contribution in [2.24, 2.45) is 0 Å². The molecule has 0 fully saturated rings. The Hall–Kier alpha value is -2.14. The monoisotopic (exact) mass is 291 g/mol. The first-order chi connectivity index (χ1) is 9.63. The first kappa shape index (κ1) is 14.3. The van der Waals surface area contributed by atoms with Gasteiger partial charge in [0.15, 0.2) is 6.61 Å². The number of benzene rings is 1. The van der Waals surface area contributed by atoms with Crippen LogP contribution in [0.3, 0.4) is 0 Å². The van der Waals surface area contributed by atoms with Crippen LogP contribution in [0.2, 0.25) is 5.02 Å². The first-order valence-electron chi connectivity index (χ1n) is 6.06. The van der Waals surface area contributed by atoms with E-state index in [2.05, 4.69) is 15.3 Å². The van der Waals surface area contributed by atoms with Gasteiger partial charge in [0.25, 0.3) is 5.91 Å². The second-order valence-corrected chi connectivity index (χ2v) is 4.61. The van der Waals surface area contributed by atoms with Crippen LogP contribution in [0.4, 0.5) is 0 Å². The largest absolute Gasteiger partial charge is 0.484 e. The number of amides is 1. The molecule has 1 aromatic carbocycles. The molecule has 0 spiro atoms. The van der Waals surface area contributed by atoms with E-state index >= 15 is 0 Å². The van der Waals surface area contributed by atoms with E-state index in [9.17, 15) is 4.79 Å². The molecule has 2 rings (SSSR count). The summed E-state index contributed by atoms with van der Waals surface area (Å²) in [4.78, 5) is 19.7. The Morgan fingerprint density at radius 2 is 2.05 bits per heavy atom. The van der Waals surface area contributed by atoms with Crippen molar-refractivity contribution >= 4 is 17.5 Å². The first-order valence-corrected chi connectivity index (χ1v) is 6.44. The molecule has 0 atom stereocenters. The van der Waals surface area contributed by atoms with Crippen LogP contribution in [0, 0.1) is 6.92 Å². The summed E-state index contributed by atoms with van der Waals surface area (Å²) < 4.78 is 5.33. The summed E-state index contributed by atoms with van der Waals surface area (Å²) in [5.41, 5.74) is 1.62. The molecule has 0 aliphatic heterocycles. The van der Waals surface area contributed by atoms with Gasteiger partial charge in [-0.1, -0.05) is 11.6 Å². The number of aryl methyl sites for hydroxylation is 1. The molecule has 1 heterocycles. The lowest BCUT2D eigenvalue weighted by Crippen LogP contribution is -2.28. The number of nitrogens with one attached hydrogen (secondary N) is 1. The Kier molecular flexibility index (Phi) is 4.90. The second kappa shape index (κ2) is 6.86. The summed E-state index contributed by atoms with van der Waals surface area (Å²) in [7, 11) is 0. The smallest absolute Gasteiger partial charge is 0.258 e. The van der Waals surface area contributed by atoms with Crippen LogP contribution in [0.15, 0.2) is 36.7 Å². The number of rotatable bonds is 5. The van der Waals surface area contributed by atoms with Crippen molar-refractivity contribution in [2.45, 2.75) is 13.5 Å². The van der Waals surface area contributed by atoms with Gasteiger partial charge in [-0.2, -0.15) is 0 Å². The van der Waals surface area contributed by atoms with Gasteiger partial charge in [0.2, 0.25) is 0 Å². The number of carbonyl (C=O) groups is 1. The summed E-state index contributed by atoms with van der Waals surface area (Å²) in [5.74, 6) is 0.388. The van der Waals surface area contributed by atoms with E-state index in [0.717, 1.165) is 11.4 Å². The van der Waals surface area contributed by atoms with Crippen LogP contribution in [0.5, 0.6) is 5.75 Å². The topological polar surface area (TPSA) is 64.1 Å². The Labute approximate surface area is 122 Å². The van der Waals surface area contributed by atoms with Crippen molar-refractivity contribution in [3.63, 3.8) is 0 Å². The van der Waals surface area contributed by atoms with E-state index in [1.165, 1.54) is 6.33 Å². The maximum Gasteiger partial charge on any atom is 0.258 e. The van der Waals surface area contributed by atoms with Crippen molar-refractivity contribution in [1.82, 2.24) is 15.3 Å². The van der Waals surface area contributed by atoms with Crippen molar-refractivity contribution in [1.29, 1.82) is 0 Å². The molecule has 104 valence electrons. The van der Waals surface area contributed by atoms with Gasteiger partial charge < -0.3 is 10.1 Å². The highest BCUT2D eigenvalue weighted by atomic mass is 35.5. The standard InChI is InChI=1S/C14H14ClN3O2/c1-10-6-12(18-9-17-10)7-16-14(19)8-20-13-4-2-11(15)3-5-13/h2-6,9H,7-8H2,1H3,(H,16,19). The summed E-state index contributed by atoms with van der Waals surface area (Å²) in [6, 6.07) is 8.66. The van der Waals surface area contributed by atoms with Crippen LogP contribution in [0.25, 0.3) is 0 Å².